The standard InChI is InChI=1S/C21H30N2O5/c1-5-7-13-26-20(27-14-8-6-2)16-11-9-10-12-17(16)28-21-22-18(24-3)15-19(23-21)25-4/h9-12,15,20H,5-8,13-14H2,1-4H3. The Kier molecular flexibility index (Phi) is 9.51. The van der Waals surface area contributed by atoms with E-state index in [9.17, 15) is 0 Å². The first-order valence-corrected chi connectivity index (χ1v) is 9.68. The van der Waals surface area contributed by atoms with Crippen molar-refractivity contribution in [2.45, 2.75) is 45.8 Å². The summed E-state index contributed by atoms with van der Waals surface area (Å²) in [5, 5.41) is 0. The highest BCUT2D eigenvalue weighted by Crippen LogP contribution is 2.32. The Bertz CT molecular complexity index is 679. The van der Waals surface area contributed by atoms with Gasteiger partial charge in [-0.15, -0.1) is 0 Å². The molecule has 0 unspecified atom stereocenters. The number of hydrogen-bond donors (Lipinski definition) is 0. The molecule has 2 aromatic rings. The van der Waals surface area contributed by atoms with Crippen LogP contribution in [-0.2, 0) is 9.47 Å². The topological polar surface area (TPSA) is 71.9 Å². The molecule has 1 aromatic heterocycles. The molecule has 0 N–H and O–H groups in total. The van der Waals surface area contributed by atoms with E-state index >= 15 is 0 Å². The van der Waals surface area contributed by atoms with Crippen molar-refractivity contribution in [3.05, 3.63) is 35.9 Å². The first-order chi connectivity index (χ1) is 13.7. The molecular weight excluding hydrogens is 360 g/mol. The highest BCUT2D eigenvalue weighted by Gasteiger charge is 2.19. The molecule has 7 heteroatoms. The van der Waals surface area contributed by atoms with Gasteiger partial charge in [0.05, 0.1) is 39.1 Å². The van der Waals surface area contributed by atoms with E-state index in [-0.39, 0.29) is 6.01 Å². The van der Waals surface area contributed by atoms with E-state index in [4.69, 9.17) is 23.7 Å². The summed E-state index contributed by atoms with van der Waals surface area (Å²) in [6.07, 6.45) is 3.52. The molecule has 0 fully saturated rings. The second kappa shape index (κ2) is 12.2. The third-order valence-electron chi connectivity index (χ3n) is 3.99. The van der Waals surface area contributed by atoms with E-state index in [2.05, 4.69) is 23.8 Å². The van der Waals surface area contributed by atoms with Crippen molar-refractivity contribution in [3.8, 4) is 23.5 Å². The number of ether oxygens (including phenoxy) is 5. The van der Waals surface area contributed by atoms with Crippen LogP contribution in [0.25, 0.3) is 0 Å². The van der Waals surface area contributed by atoms with Crippen LogP contribution in [0.4, 0.5) is 0 Å². The molecule has 0 atom stereocenters. The number of nitrogens with zero attached hydrogens (tertiary/aromatic N) is 2. The predicted molar refractivity (Wildman–Crippen MR) is 106 cm³/mol. The van der Waals surface area contributed by atoms with E-state index in [1.165, 1.54) is 14.2 Å². The quantitative estimate of drug-likeness (QED) is 0.355. The van der Waals surface area contributed by atoms with Crippen molar-refractivity contribution in [1.82, 2.24) is 9.97 Å². The zero-order valence-corrected chi connectivity index (χ0v) is 17.1. The third kappa shape index (κ3) is 6.65. The smallest absolute Gasteiger partial charge is 0.328 e. The molecule has 0 amide bonds. The van der Waals surface area contributed by atoms with Gasteiger partial charge in [0, 0.05) is 0 Å². The zero-order chi connectivity index (χ0) is 20.2. The lowest BCUT2D eigenvalue weighted by Crippen LogP contribution is -2.12. The summed E-state index contributed by atoms with van der Waals surface area (Å²) in [5.74, 6) is 1.28. The SMILES string of the molecule is CCCCOC(OCCCC)c1ccccc1Oc1nc(OC)cc(OC)n1. The van der Waals surface area contributed by atoms with Gasteiger partial charge in [-0.1, -0.05) is 44.9 Å². The summed E-state index contributed by atoms with van der Waals surface area (Å²) in [6, 6.07) is 9.28. The first kappa shape index (κ1) is 21.9. The fourth-order valence-corrected chi connectivity index (χ4v) is 2.40. The summed E-state index contributed by atoms with van der Waals surface area (Å²) in [6.45, 7) is 5.48. The minimum Gasteiger partial charge on any atom is -0.481 e. The average Bonchev–Trinajstić information content (AvgIpc) is 2.73. The molecule has 7 nitrogen and oxygen atoms in total. The molecule has 0 aliphatic carbocycles. The van der Waals surface area contributed by atoms with Gasteiger partial charge in [-0.3, -0.25) is 0 Å². The van der Waals surface area contributed by atoms with Crippen LogP contribution in [0.5, 0.6) is 23.5 Å². The summed E-state index contributed by atoms with van der Waals surface area (Å²) < 4.78 is 28.3. The summed E-state index contributed by atoms with van der Waals surface area (Å²) in [5.41, 5.74) is 0.792. The second-order valence-corrected chi connectivity index (χ2v) is 6.16. The maximum Gasteiger partial charge on any atom is 0.328 e. The van der Waals surface area contributed by atoms with Gasteiger partial charge in [0.25, 0.3) is 0 Å². The second-order valence-electron chi connectivity index (χ2n) is 6.16. The van der Waals surface area contributed by atoms with Crippen molar-refractivity contribution in [1.29, 1.82) is 0 Å². The van der Waals surface area contributed by atoms with E-state index in [0.717, 1.165) is 31.2 Å². The lowest BCUT2D eigenvalue weighted by Gasteiger charge is -2.21. The number of rotatable bonds is 13. The van der Waals surface area contributed by atoms with Crippen molar-refractivity contribution in [2.75, 3.05) is 27.4 Å². The van der Waals surface area contributed by atoms with Crippen LogP contribution in [-0.4, -0.2) is 37.4 Å². The largest absolute Gasteiger partial charge is 0.481 e. The third-order valence-corrected chi connectivity index (χ3v) is 3.99. The van der Waals surface area contributed by atoms with Crippen LogP contribution in [0.3, 0.4) is 0 Å². The molecule has 1 aromatic carbocycles. The van der Waals surface area contributed by atoms with Crippen molar-refractivity contribution in [3.63, 3.8) is 0 Å². The van der Waals surface area contributed by atoms with Crippen LogP contribution in [0.2, 0.25) is 0 Å². The van der Waals surface area contributed by atoms with Gasteiger partial charge in [0.1, 0.15) is 5.75 Å². The Morgan fingerprint density at radius 3 is 1.96 bits per heavy atom. The number of hydrogen-bond acceptors (Lipinski definition) is 7. The van der Waals surface area contributed by atoms with Gasteiger partial charge in [0.2, 0.25) is 11.8 Å². The van der Waals surface area contributed by atoms with Crippen LogP contribution < -0.4 is 14.2 Å². The predicted octanol–water partition coefficient (Wildman–Crippen LogP) is 4.92. The average molecular weight is 390 g/mol. The van der Waals surface area contributed by atoms with Gasteiger partial charge in [-0.2, -0.15) is 9.97 Å². The minimum atomic E-state index is -0.512. The minimum absolute atomic E-state index is 0.129. The van der Waals surface area contributed by atoms with Gasteiger partial charge < -0.3 is 23.7 Å². The molecule has 0 radical (unpaired) electrons. The molecule has 0 aliphatic heterocycles. The van der Waals surface area contributed by atoms with Crippen molar-refractivity contribution < 1.29 is 23.7 Å². The molecule has 0 spiro atoms. The Morgan fingerprint density at radius 2 is 1.43 bits per heavy atom. The van der Waals surface area contributed by atoms with Crippen molar-refractivity contribution in [2.24, 2.45) is 0 Å². The van der Waals surface area contributed by atoms with Crippen molar-refractivity contribution >= 4 is 0 Å². The van der Waals surface area contributed by atoms with Crippen LogP contribution in [0.1, 0.15) is 51.4 Å². The molecule has 154 valence electrons. The van der Waals surface area contributed by atoms with Crippen LogP contribution in [0, 0.1) is 0 Å². The fraction of sp³-hybridized carbons (Fsp3) is 0.524. The van der Waals surface area contributed by atoms with E-state index in [0.29, 0.717) is 30.7 Å². The first-order valence-electron chi connectivity index (χ1n) is 9.68. The maximum atomic E-state index is 5.99. The Hall–Kier alpha value is -2.38. The number of para-hydroxylation sites is 1. The molecule has 28 heavy (non-hydrogen) atoms. The van der Waals surface area contributed by atoms with Crippen LogP contribution in [0.15, 0.2) is 30.3 Å². The van der Waals surface area contributed by atoms with E-state index < -0.39 is 6.29 Å². The molecule has 2 rings (SSSR count). The van der Waals surface area contributed by atoms with E-state index in [1.807, 2.05) is 24.3 Å². The monoisotopic (exact) mass is 390 g/mol. The van der Waals surface area contributed by atoms with Gasteiger partial charge in [-0.05, 0) is 18.9 Å². The number of methoxy groups -OCH3 is 2. The molecule has 1 heterocycles. The Labute approximate surface area is 167 Å². The van der Waals surface area contributed by atoms with E-state index in [1.54, 1.807) is 6.07 Å². The summed E-state index contributed by atoms with van der Waals surface area (Å²) >= 11 is 0. The molecular formula is C21H30N2O5. The molecule has 0 saturated heterocycles. The highest BCUT2D eigenvalue weighted by molar-refractivity contribution is 5.37. The lowest BCUT2D eigenvalue weighted by atomic mass is 10.2. The Balaban J connectivity index is 2.25. The normalized spacial score (nSPS) is 10.9. The summed E-state index contributed by atoms with van der Waals surface area (Å²) in [4.78, 5) is 8.46. The van der Waals surface area contributed by atoms with Gasteiger partial charge in [-0.25, -0.2) is 0 Å². The molecule has 0 saturated carbocycles. The zero-order valence-electron chi connectivity index (χ0n) is 17.1. The lowest BCUT2D eigenvalue weighted by molar-refractivity contribution is -0.148. The maximum absolute atomic E-state index is 5.99. The van der Waals surface area contributed by atoms with Crippen LogP contribution >= 0.6 is 0 Å². The number of unbranched alkanes of at least 4 members (excludes halogenated alkanes) is 2. The molecule has 0 bridgehead atoms. The van der Waals surface area contributed by atoms with Gasteiger partial charge >= 0.3 is 6.01 Å². The van der Waals surface area contributed by atoms with Gasteiger partial charge in [0.15, 0.2) is 6.29 Å². The number of aromatic nitrogens is 2. The fourth-order valence-electron chi connectivity index (χ4n) is 2.40. The summed E-state index contributed by atoms with van der Waals surface area (Å²) in [7, 11) is 3.05. The Morgan fingerprint density at radius 1 is 0.857 bits per heavy atom. The number of benzene rings is 1. The highest BCUT2D eigenvalue weighted by atomic mass is 16.7. The molecule has 0 aliphatic rings.